The Morgan fingerprint density at radius 2 is 0.491 bits per heavy atom. The minimum atomic E-state index is -5.02. The molecule has 0 spiro atoms. The molecule has 0 aromatic carbocycles. The molecule has 2 unspecified atom stereocenters. The highest BCUT2D eigenvalue weighted by Crippen LogP contribution is 2.45. The summed E-state index contributed by atoms with van der Waals surface area (Å²) in [6.07, 6.45) is 99.9. The summed E-state index contributed by atoms with van der Waals surface area (Å²) in [4.78, 5) is 73.2. The van der Waals surface area contributed by atoms with Gasteiger partial charge < -0.3 is 33.8 Å². The lowest BCUT2D eigenvalue weighted by Crippen LogP contribution is -2.30. The third-order valence-corrected chi connectivity index (χ3v) is 18.5. The van der Waals surface area contributed by atoms with E-state index < -0.39 is 97.5 Å². The zero-order valence-corrected chi connectivity index (χ0v) is 69.9. The molecule has 622 valence electrons. The highest BCUT2D eigenvalue weighted by Gasteiger charge is 2.30. The summed E-state index contributed by atoms with van der Waals surface area (Å²) >= 11 is 0. The van der Waals surface area contributed by atoms with Gasteiger partial charge in [-0.25, -0.2) is 9.13 Å². The summed E-state index contributed by atoms with van der Waals surface area (Å²) in [5.41, 5.74) is 0. The maximum atomic E-state index is 13.1. The third-order valence-electron chi connectivity index (χ3n) is 16.6. The van der Waals surface area contributed by atoms with E-state index in [4.69, 9.17) is 37.0 Å². The van der Waals surface area contributed by atoms with Crippen LogP contribution < -0.4 is 0 Å². The zero-order valence-electron chi connectivity index (χ0n) is 68.1. The van der Waals surface area contributed by atoms with Crippen LogP contribution >= 0.6 is 15.6 Å². The molecule has 0 aliphatic heterocycles. The molecule has 0 heterocycles. The molecule has 0 amide bonds. The van der Waals surface area contributed by atoms with Crippen molar-refractivity contribution in [3.63, 3.8) is 0 Å². The number of allylic oxidation sites excluding steroid dienone is 32. The number of aliphatic hydroxyl groups is 1. The molecule has 0 rings (SSSR count). The van der Waals surface area contributed by atoms with Crippen molar-refractivity contribution in [2.75, 3.05) is 39.6 Å². The smallest absolute Gasteiger partial charge is 0.462 e. The Hall–Kier alpha value is -6.10. The van der Waals surface area contributed by atoms with Gasteiger partial charge in [0.25, 0.3) is 0 Å². The van der Waals surface area contributed by atoms with Gasteiger partial charge in [-0.3, -0.25) is 37.3 Å². The second-order valence-corrected chi connectivity index (χ2v) is 29.8. The van der Waals surface area contributed by atoms with Crippen molar-refractivity contribution in [2.24, 2.45) is 0 Å². The number of hydrogen-bond donors (Lipinski definition) is 3. The van der Waals surface area contributed by atoms with Gasteiger partial charge in [0.2, 0.25) is 0 Å². The molecule has 0 bridgehead atoms. The molecule has 0 aliphatic rings. The number of rotatable bonds is 76. The van der Waals surface area contributed by atoms with Crippen LogP contribution in [-0.4, -0.2) is 96.7 Å². The first kappa shape index (κ1) is 104. The number of phosphoric acid groups is 2. The summed E-state index contributed by atoms with van der Waals surface area (Å²) in [5, 5.41) is 10.7. The fourth-order valence-electron chi connectivity index (χ4n) is 10.4. The molecule has 19 heteroatoms. The van der Waals surface area contributed by atoms with Crippen LogP contribution in [0, 0.1) is 0 Å². The minimum absolute atomic E-state index is 0.0205. The standard InChI is InChI=1S/C91H146O17P2/c1-5-9-13-17-21-25-29-33-36-39-42-45-48-52-55-59-63-67-71-75-88(93)101-81-86(107-90(95)77-73-69-65-61-57-51-32-28-24-20-16-12-8-4)83-105-109(97,98)103-79-85(92)80-104-110(99,100)106-84-87(108-91(96)78-74-70-66-62-58-54-50-47-44-41-38-35-31-27-23-19-15-11-7-3)82-102-89(94)76-72-68-64-60-56-53-49-46-43-40-37-34-30-26-22-18-14-10-6-2/h9-11,13-15,21-23,25-27,33-38,42-47,52-56,58,64,68,85-87,92H,5-8,12,16-20,24,28-32,39-41,48-51,57,59-63,65-67,69-84H2,1-4H3,(H,97,98)(H,99,100)/b13-9-,14-10-,15-11-,25-21-,26-22-,27-23-,36-33-,37-34-,38-35-,45-42-,46-43-,47-44-,55-52-,56-53-,58-54-,68-64-/t85-,86+,87+/m0/s1. The van der Waals surface area contributed by atoms with E-state index in [0.29, 0.717) is 32.1 Å². The van der Waals surface area contributed by atoms with E-state index in [9.17, 15) is 43.2 Å². The summed E-state index contributed by atoms with van der Waals surface area (Å²) in [6, 6.07) is 0. The molecule has 5 atom stereocenters. The van der Waals surface area contributed by atoms with E-state index >= 15 is 0 Å². The van der Waals surface area contributed by atoms with Crippen molar-refractivity contribution >= 4 is 39.5 Å². The largest absolute Gasteiger partial charge is 0.472 e. The lowest BCUT2D eigenvalue weighted by Gasteiger charge is -2.21. The van der Waals surface area contributed by atoms with Crippen molar-refractivity contribution in [1.29, 1.82) is 0 Å². The Labute approximate surface area is 666 Å². The average Bonchev–Trinajstić information content (AvgIpc) is 0.900. The Morgan fingerprint density at radius 1 is 0.264 bits per heavy atom. The molecule has 0 aromatic rings. The maximum Gasteiger partial charge on any atom is 0.472 e. The molecule has 17 nitrogen and oxygen atoms in total. The minimum Gasteiger partial charge on any atom is -0.462 e. The van der Waals surface area contributed by atoms with Crippen molar-refractivity contribution in [3.8, 4) is 0 Å². The summed E-state index contributed by atoms with van der Waals surface area (Å²) < 4.78 is 68.6. The topological polar surface area (TPSA) is 237 Å². The van der Waals surface area contributed by atoms with Gasteiger partial charge in [-0.05, 0) is 154 Å². The maximum absolute atomic E-state index is 13.1. The Morgan fingerprint density at radius 3 is 0.782 bits per heavy atom. The summed E-state index contributed by atoms with van der Waals surface area (Å²) in [6.45, 7) is 4.37. The van der Waals surface area contributed by atoms with E-state index in [1.54, 1.807) is 0 Å². The van der Waals surface area contributed by atoms with Crippen LogP contribution in [0.15, 0.2) is 194 Å². The Bertz CT molecular complexity index is 2850. The molecular formula is C91H146O17P2. The van der Waals surface area contributed by atoms with E-state index in [1.807, 2.05) is 18.2 Å². The number of ether oxygens (including phenoxy) is 4. The molecule has 0 aliphatic carbocycles. The lowest BCUT2D eigenvalue weighted by molar-refractivity contribution is -0.161. The molecular weight excluding hydrogens is 1430 g/mol. The summed E-state index contributed by atoms with van der Waals surface area (Å²) in [5.74, 6) is -2.36. The van der Waals surface area contributed by atoms with Gasteiger partial charge in [0.1, 0.15) is 19.3 Å². The number of carbonyl (C=O) groups is 4. The van der Waals surface area contributed by atoms with Crippen LogP contribution in [0.5, 0.6) is 0 Å². The molecule has 0 aromatic heterocycles. The molecule has 0 saturated carbocycles. The zero-order chi connectivity index (χ0) is 80.3. The monoisotopic (exact) mass is 1570 g/mol. The Kier molecular flexibility index (Phi) is 76.4. The van der Waals surface area contributed by atoms with Gasteiger partial charge >= 0.3 is 39.5 Å². The number of unbranched alkanes of at least 4 members (excludes halogenated alkanes) is 18. The van der Waals surface area contributed by atoms with Crippen molar-refractivity contribution in [2.45, 2.75) is 316 Å². The second-order valence-electron chi connectivity index (χ2n) is 26.9. The first-order valence-electron chi connectivity index (χ1n) is 41.7. The molecule has 3 N–H and O–H groups in total. The first-order chi connectivity index (χ1) is 53.7. The van der Waals surface area contributed by atoms with Crippen LogP contribution in [0.25, 0.3) is 0 Å². The number of carbonyl (C=O) groups excluding carboxylic acids is 4. The quantitative estimate of drug-likeness (QED) is 0.0169. The van der Waals surface area contributed by atoms with Crippen LogP contribution in [0.1, 0.15) is 297 Å². The number of aliphatic hydroxyl groups excluding tert-OH is 1. The van der Waals surface area contributed by atoms with Gasteiger partial charge in [0.05, 0.1) is 26.4 Å². The predicted octanol–water partition coefficient (Wildman–Crippen LogP) is 24.9. The van der Waals surface area contributed by atoms with Crippen molar-refractivity contribution in [1.82, 2.24) is 0 Å². The van der Waals surface area contributed by atoms with Crippen LogP contribution in [0.3, 0.4) is 0 Å². The van der Waals surface area contributed by atoms with Gasteiger partial charge in [-0.1, -0.05) is 312 Å². The van der Waals surface area contributed by atoms with E-state index in [-0.39, 0.29) is 25.7 Å². The van der Waals surface area contributed by atoms with E-state index in [2.05, 4.69) is 204 Å². The second kappa shape index (κ2) is 80.9. The van der Waals surface area contributed by atoms with Crippen LogP contribution in [0.4, 0.5) is 0 Å². The molecule has 0 saturated heterocycles. The number of phosphoric ester groups is 2. The molecule has 0 fully saturated rings. The van der Waals surface area contributed by atoms with Gasteiger partial charge in [-0.2, -0.15) is 0 Å². The molecule has 110 heavy (non-hydrogen) atoms. The van der Waals surface area contributed by atoms with Crippen molar-refractivity contribution < 1.29 is 80.2 Å². The molecule has 0 radical (unpaired) electrons. The first-order valence-corrected chi connectivity index (χ1v) is 44.7. The fourth-order valence-corrected chi connectivity index (χ4v) is 11.9. The fraction of sp³-hybridized carbons (Fsp3) is 0.604. The lowest BCUT2D eigenvalue weighted by atomic mass is 10.0. The Balaban J connectivity index is 5.51. The normalized spacial score (nSPS) is 14.8. The van der Waals surface area contributed by atoms with Gasteiger partial charge in [-0.15, -0.1) is 0 Å². The third kappa shape index (κ3) is 80.0. The van der Waals surface area contributed by atoms with E-state index in [1.165, 1.54) is 51.4 Å². The van der Waals surface area contributed by atoms with Gasteiger partial charge in [0, 0.05) is 25.7 Å². The highest BCUT2D eigenvalue weighted by molar-refractivity contribution is 7.47. The highest BCUT2D eigenvalue weighted by atomic mass is 31.2. The summed E-state index contributed by atoms with van der Waals surface area (Å²) in [7, 11) is -10.0. The average molecular weight is 1570 g/mol. The van der Waals surface area contributed by atoms with Crippen molar-refractivity contribution in [3.05, 3.63) is 194 Å². The van der Waals surface area contributed by atoms with E-state index in [0.717, 1.165) is 161 Å². The van der Waals surface area contributed by atoms with Crippen LogP contribution in [0.2, 0.25) is 0 Å². The number of esters is 4. The predicted molar refractivity (Wildman–Crippen MR) is 454 cm³/mol. The van der Waals surface area contributed by atoms with Gasteiger partial charge in [0.15, 0.2) is 12.2 Å². The van der Waals surface area contributed by atoms with Crippen LogP contribution in [-0.2, 0) is 65.4 Å². The number of hydrogen-bond acceptors (Lipinski definition) is 15. The SMILES string of the molecule is CC/C=C\C/C=C\C/C=C\C/C=C\C/C=C\C/C=C\CCC(=O)OC[C@H](COP(=O)(O)OC[C@@H](O)COP(=O)(O)OC[C@@H](COC(=O)CCCCC/C=C\C/C=C\C/C=C\C/C=C\C/C=C\CC)OC(=O)CCCCCCCCCCCCCCC)OC(=O)CCCCC/C=C\C/C=C\C/C=C\C/C=C\C/C=C\CC.